The van der Waals surface area contributed by atoms with Gasteiger partial charge in [-0.05, 0) is 40.3 Å². The highest BCUT2D eigenvalue weighted by Gasteiger charge is 2.52. The lowest BCUT2D eigenvalue weighted by Crippen LogP contribution is -2.41. The van der Waals surface area contributed by atoms with E-state index in [9.17, 15) is 0 Å². The fraction of sp³-hybridized carbons (Fsp3) is 0.615. The third-order valence-corrected chi connectivity index (χ3v) is 4.13. The Balaban J connectivity index is 2.31. The molecule has 0 saturated carbocycles. The van der Waals surface area contributed by atoms with Gasteiger partial charge in [0.2, 0.25) is 0 Å². The van der Waals surface area contributed by atoms with Crippen molar-refractivity contribution >= 4 is 24.2 Å². The molecule has 1 saturated heterocycles. The Labute approximate surface area is 120 Å². The van der Waals surface area contributed by atoms with Gasteiger partial charge in [0.05, 0.1) is 11.2 Å². The first kappa shape index (κ1) is 14.8. The minimum atomic E-state index is -0.471. The van der Waals surface area contributed by atoms with Crippen LogP contribution < -0.4 is 10.8 Å². The highest BCUT2D eigenvalue weighted by atomic mass is 35.5. The minimum Gasteiger partial charge on any atom is -0.399 e. The third kappa shape index (κ3) is 2.79. The molecule has 0 atom stereocenters. The Hall–Kier alpha value is -0.615. The van der Waals surface area contributed by atoms with Crippen LogP contribution in [0.2, 0.25) is 5.15 Å². The van der Waals surface area contributed by atoms with E-state index in [2.05, 4.69) is 10.3 Å². The second-order valence-corrected chi connectivity index (χ2v) is 6.20. The molecule has 1 fully saturated rings. The predicted molar refractivity (Wildman–Crippen MR) is 77.7 cm³/mol. The van der Waals surface area contributed by atoms with Gasteiger partial charge in [-0.3, -0.25) is 0 Å². The Kier molecular flexibility index (Phi) is 3.93. The number of nitrogens with zero attached hydrogens (tertiary/aromatic N) is 1. The summed E-state index contributed by atoms with van der Waals surface area (Å²) in [6, 6.07) is 1.98. The van der Waals surface area contributed by atoms with Crippen molar-refractivity contribution in [2.24, 2.45) is 0 Å². The zero-order valence-electron chi connectivity index (χ0n) is 12.1. The summed E-state index contributed by atoms with van der Waals surface area (Å²) in [5, 5.41) is 3.52. The van der Waals surface area contributed by atoms with Gasteiger partial charge in [0.15, 0.2) is 0 Å². The molecule has 6 heteroatoms. The van der Waals surface area contributed by atoms with Crippen molar-refractivity contribution < 1.29 is 9.31 Å². The molecular weight excluding hydrogens is 262 g/mol. The van der Waals surface area contributed by atoms with Crippen LogP contribution >= 0.6 is 11.6 Å². The van der Waals surface area contributed by atoms with Crippen LogP contribution in [0.4, 0.5) is 0 Å². The summed E-state index contributed by atoms with van der Waals surface area (Å²) in [4.78, 5) is 4.20. The van der Waals surface area contributed by atoms with E-state index in [1.165, 1.54) is 0 Å². The average molecular weight is 283 g/mol. The van der Waals surface area contributed by atoms with E-state index >= 15 is 0 Å². The Morgan fingerprint density at radius 2 is 1.84 bits per heavy atom. The number of nitrogens with one attached hydrogen (secondary N) is 1. The topological polar surface area (TPSA) is 43.4 Å². The van der Waals surface area contributed by atoms with Gasteiger partial charge in [-0.15, -0.1) is 0 Å². The normalized spacial score (nSPS) is 20.8. The van der Waals surface area contributed by atoms with Crippen molar-refractivity contribution in [3.63, 3.8) is 0 Å². The van der Waals surface area contributed by atoms with Crippen LogP contribution in [0.15, 0.2) is 12.3 Å². The SMILES string of the molecule is CNCc1cnc(Cl)c(B2OC(C)(C)C(C)(C)O2)c1. The maximum absolute atomic E-state index is 6.17. The predicted octanol–water partition coefficient (Wildman–Crippen LogP) is 1.75. The van der Waals surface area contributed by atoms with E-state index in [4.69, 9.17) is 20.9 Å². The second kappa shape index (κ2) is 5.06. The molecule has 4 nitrogen and oxygen atoms in total. The number of hydrogen-bond acceptors (Lipinski definition) is 4. The number of rotatable bonds is 3. The summed E-state index contributed by atoms with van der Waals surface area (Å²) in [6.07, 6.45) is 1.76. The van der Waals surface area contributed by atoms with E-state index in [0.717, 1.165) is 17.6 Å². The Morgan fingerprint density at radius 3 is 2.37 bits per heavy atom. The van der Waals surface area contributed by atoms with Gasteiger partial charge < -0.3 is 14.6 Å². The van der Waals surface area contributed by atoms with Crippen molar-refractivity contribution in [3.05, 3.63) is 23.0 Å². The minimum absolute atomic E-state index is 0.375. The molecule has 0 bridgehead atoms. The molecule has 1 N–H and O–H groups in total. The maximum Gasteiger partial charge on any atom is 0.498 e. The monoisotopic (exact) mass is 282 g/mol. The highest BCUT2D eigenvalue weighted by molar-refractivity contribution is 6.65. The quantitative estimate of drug-likeness (QED) is 0.678. The lowest BCUT2D eigenvalue weighted by molar-refractivity contribution is 0.00578. The van der Waals surface area contributed by atoms with Gasteiger partial charge in [0.25, 0.3) is 0 Å². The number of pyridine rings is 1. The molecule has 2 heterocycles. The van der Waals surface area contributed by atoms with Crippen molar-refractivity contribution in [1.82, 2.24) is 10.3 Å². The van der Waals surface area contributed by atoms with Crippen LogP contribution in [0.25, 0.3) is 0 Å². The van der Waals surface area contributed by atoms with Gasteiger partial charge in [-0.2, -0.15) is 0 Å². The van der Waals surface area contributed by atoms with Crippen molar-refractivity contribution in [2.45, 2.75) is 45.4 Å². The van der Waals surface area contributed by atoms with Crippen LogP contribution in [0.1, 0.15) is 33.3 Å². The van der Waals surface area contributed by atoms with Crippen LogP contribution in [0, 0.1) is 0 Å². The number of halogens is 1. The fourth-order valence-electron chi connectivity index (χ4n) is 1.95. The lowest BCUT2D eigenvalue weighted by Gasteiger charge is -2.32. The molecule has 0 aromatic carbocycles. The summed E-state index contributed by atoms with van der Waals surface area (Å²) in [6.45, 7) is 8.81. The molecule has 1 aromatic rings. The molecule has 0 aliphatic carbocycles. The first-order valence-corrected chi connectivity index (χ1v) is 6.79. The van der Waals surface area contributed by atoms with E-state index in [1.807, 2.05) is 40.8 Å². The number of aromatic nitrogens is 1. The van der Waals surface area contributed by atoms with Gasteiger partial charge in [-0.25, -0.2) is 4.98 Å². The zero-order chi connectivity index (χ0) is 14.3. The van der Waals surface area contributed by atoms with Crippen LogP contribution in [0.3, 0.4) is 0 Å². The van der Waals surface area contributed by atoms with Gasteiger partial charge in [-0.1, -0.05) is 17.7 Å². The zero-order valence-corrected chi connectivity index (χ0v) is 12.8. The summed E-state index contributed by atoms with van der Waals surface area (Å²) < 4.78 is 12.0. The van der Waals surface area contributed by atoms with Crippen molar-refractivity contribution in [1.29, 1.82) is 0 Å². The van der Waals surface area contributed by atoms with Crippen LogP contribution in [-0.4, -0.2) is 30.4 Å². The maximum atomic E-state index is 6.17. The highest BCUT2D eigenvalue weighted by Crippen LogP contribution is 2.36. The van der Waals surface area contributed by atoms with Crippen molar-refractivity contribution in [3.8, 4) is 0 Å². The molecule has 0 radical (unpaired) electrons. The largest absolute Gasteiger partial charge is 0.498 e. The first-order chi connectivity index (χ1) is 8.77. The molecule has 0 spiro atoms. The van der Waals surface area contributed by atoms with E-state index in [1.54, 1.807) is 6.20 Å². The van der Waals surface area contributed by atoms with Gasteiger partial charge in [0.1, 0.15) is 5.15 Å². The summed E-state index contributed by atoms with van der Waals surface area (Å²) in [5.41, 5.74) is 1.09. The Morgan fingerprint density at radius 1 is 1.26 bits per heavy atom. The molecule has 19 heavy (non-hydrogen) atoms. The standard InChI is InChI=1S/C13H20BClN2O2/c1-12(2)13(3,4)19-14(18-12)10-6-9(7-16-5)8-17-11(10)15/h6,8,16H,7H2,1-5H3. The van der Waals surface area contributed by atoms with Crippen molar-refractivity contribution in [2.75, 3.05) is 7.05 Å². The molecular formula is C13H20BClN2O2. The van der Waals surface area contributed by atoms with Crippen LogP contribution in [-0.2, 0) is 15.9 Å². The fourth-order valence-corrected chi connectivity index (χ4v) is 2.14. The lowest BCUT2D eigenvalue weighted by atomic mass is 9.79. The average Bonchev–Trinajstić information content (AvgIpc) is 2.51. The van der Waals surface area contributed by atoms with E-state index < -0.39 is 7.12 Å². The molecule has 2 rings (SSSR count). The molecule has 1 aliphatic heterocycles. The van der Waals surface area contributed by atoms with E-state index in [0.29, 0.717) is 5.15 Å². The van der Waals surface area contributed by atoms with E-state index in [-0.39, 0.29) is 11.2 Å². The van der Waals surface area contributed by atoms with Crippen LogP contribution in [0.5, 0.6) is 0 Å². The molecule has 1 aromatic heterocycles. The summed E-state index contributed by atoms with van der Waals surface area (Å²) in [7, 11) is 1.42. The number of hydrogen-bond donors (Lipinski definition) is 1. The smallest absolute Gasteiger partial charge is 0.399 e. The van der Waals surface area contributed by atoms with Gasteiger partial charge in [0, 0.05) is 18.2 Å². The molecule has 1 aliphatic rings. The van der Waals surface area contributed by atoms with Gasteiger partial charge >= 0.3 is 7.12 Å². The Bertz CT molecular complexity index is 464. The molecule has 0 unspecified atom stereocenters. The molecule has 0 amide bonds. The first-order valence-electron chi connectivity index (χ1n) is 6.41. The summed E-state index contributed by atoms with van der Waals surface area (Å²) >= 11 is 6.17. The third-order valence-electron chi connectivity index (χ3n) is 3.81. The second-order valence-electron chi connectivity index (χ2n) is 5.84. The molecule has 104 valence electrons. The summed E-state index contributed by atoms with van der Waals surface area (Å²) in [5.74, 6) is 0.